The van der Waals surface area contributed by atoms with E-state index in [1.807, 2.05) is 6.92 Å². The number of hydrogen-bond acceptors (Lipinski definition) is 6. The smallest absolute Gasteiger partial charge is 0.478 e. The Balaban J connectivity index is 2.01. The van der Waals surface area contributed by atoms with E-state index in [4.69, 9.17) is 4.42 Å². The van der Waals surface area contributed by atoms with Gasteiger partial charge in [-0.25, -0.2) is 4.79 Å². The number of hydrogen-bond donors (Lipinski definition) is 1. The van der Waals surface area contributed by atoms with Crippen LogP contribution in [0.3, 0.4) is 0 Å². The van der Waals surface area contributed by atoms with Gasteiger partial charge in [-0.15, -0.1) is 0 Å². The molecule has 2 aromatic carbocycles. The van der Waals surface area contributed by atoms with Crippen molar-refractivity contribution in [2.45, 2.75) is 31.7 Å². The highest BCUT2D eigenvalue weighted by atomic mass is 32.2. The molecule has 0 aliphatic heterocycles. The Labute approximate surface area is 180 Å². The molecule has 0 aliphatic carbocycles. The zero-order valence-corrected chi connectivity index (χ0v) is 17.4. The second-order valence-corrected chi connectivity index (χ2v) is 8.39. The van der Waals surface area contributed by atoms with Crippen molar-refractivity contribution in [2.24, 2.45) is 0 Å². The molecule has 1 heterocycles. The Morgan fingerprint density at radius 3 is 2.25 bits per heavy atom. The average molecular weight is 470 g/mol. The minimum absolute atomic E-state index is 0.0305. The fraction of sp³-hybridized carbons (Fsp3) is 0.238. The third-order valence-corrected chi connectivity index (χ3v) is 5.58. The fourth-order valence-electron chi connectivity index (χ4n) is 3.02. The number of ketones is 1. The van der Waals surface area contributed by atoms with Gasteiger partial charge in [-0.3, -0.25) is 4.79 Å². The van der Waals surface area contributed by atoms with Crippen molar-refractivity contribution in [3.8, 4) is 5.75 Å². The molecule has 0 amide bonds. The van der Waals surface area contributed by atoms with E-state index >= 15 is 0 Å². The number of unbranched alkanes of at least 4 members (excludes halogenated alkanes) is 1. The van der Waals surface area contributed by atoms with Crippen LogP contribution in [0.1, 0.15) is 51.8 Å². The maximum absolute atomic E-state index is 13.2. The van der Waals surface area contributed by atoms with Crippen molar-refractivity contribution in [2.75, 3.05) is 0 Å². The van der Waals surface area contributed by atoms with Gasteiger partial charge < -0.3 is 13.7 Å². The van der Waals surface area contributed by atoms with Crippen LogP contribution in [-0.4, -0.2) is 30.8 Å². The Morgan fingerprint density at radius 2 is 1.69 bits per heavy atom. The molecule has 0 aliphatic rings. The number of carbonyl (C=O) groups excluding carboxylic acids is 1. The van der Waals surface area contributed by atoms with Crippen molar-refractivity contribution in [3.05, 3.63) is 64.9 Å². The number of aryl methyl sites for hydroxylation is 1. The number of alkyl halides is 3. The summed E-state index contributed by atoms with van der Waals surface area (Å²) in [4.78, 5) is 24.5. The first-order valence-corrected chi connectivity index (χ1v) is 10.8. The molecule has 7 nitrogen and oxygen atoms in total. The number of aromatic carboxylic acids is 1. The quantitative estimate of drug-likeness (QED) is 0.282. The minimum Gasteiger partial charge on any atom is -0.478 e. The van der Waals surface area contributed by atoms with Crippen LogP contribution in [0.15, 0.2) is 46.9 Å². The van der Waals surface area contributed by atoms with E-state index in [1.165, 1.54) is 18.2 Å². The first kappa shape index (κ1) is 23.3. The lowest BCUT2D eigenvalue weighted by atomic mass is 9.97. The van der Waals surface area contributed by atoms with Crippen molar-refractivity contribution < 1.29 is 44.9 Å². The molecular weight excluding hydrogens is 453 g/mol. The molecule has 0 radical (unpaired) electrons. The summed E-state index contributed by atoms with van der Waals surface area (Å²) >= 11 is 0. The molecule has 3 rings (SSSR count). The largest absolute Gasteiger partial charge is 0.534 e. The van der Waals surface area contributed by atoms with Crippen LogP contribution < -0.4 is 4.18 Å². The number of benzene rings is 2. The molecule has 11 heteroatoms. The van der Waals surface area contributed by atoms with E-state index in [1.54, 1.807) is 0 Å². The van der Waals surface area contributed by atoms with Crippen LogP contribution in [0.4, 0.5) is 13.2 Å². The fourth-order valence-corrected chi connectivity index (χ4v) is 3.48. The number of carbonyl (C=O) groups is 2. The molecule has 0 saturated carbocycles. The number of rotatable bonds is 8. The summed E-state index contributed by atoms with van der Waals surface area (Å²) < 4.78 is 69.5. The van der Waals surface area contributed by atoms with Crippen molar-refractivity contribution in [3.63, 3.8) is 0 Å². The zero-order valence-electron chi connectivity index (χ0n) is 16.6. The molecular formula is C21H17F3O7S. The van der Waals surface area contributed by atoms with Gasteiger partial charge in [0.25, 0.3) is 0 Å². The van der Waals surface area contributed by atoms with E-state index in [2.05, 4.69) is 4.18 Å². The normalized spacial score (nSPS) is 12.1. The lowest BCUT2D eigenvalue weighted by Crippen LogP contribution is -2.28. The SMILES string of the molecule is CCCCc1oc2ccc(C(=O)O)cc2c1C(=O)c1ccc(OS(=O)(=O)C(F)(F)F)cc1. The summed E-state index contributed by atoms with van der Waals surface area (Å²) in [6.07, 6.45) is 1.93. The van der Waals surface area contributed by atoms with Crippen LogP contribution in [0.5, 0.6) is 5.75 Å². The summed E-state index contributed by atoms with van der Waals surface area (Å²) in [6, 6.07) is 8.20. The third kappa shape index (κ3) is 4.62. The highest BCUT2D eigenvalue weighted by Crippen LogP contribution is 2.32. The van der Waals surface area contributed by atoms with Gasteiger partial charge in [0.1, 0.15) is 17.1 Å². The molecule has 0 bridgehead atoms. The number of carboxylic acids is 1. The van der Waals surface area contributed by atoms with E-state index in [9.17, 15) is 36.3 Å². The van der Waals surface area contributed by atoms with Crippen LogP contribution in [0.2, 0.25) is 0 Å². The zero-order chi connectivity index (χ0) is 23.7. The van der Waals surface area contributed by atoms with Crippen molar-refractivity contribution >= 4 is 32.8 Å². The number of carboxylic acid groups (broad SMARTS) is 1. The van der Waals surface area contributed by atoms with Crippen LogP contribution in [0.25, 0.3) is 11.0 Å². The van der Waals surface area contributed by atoms with Gasteiger partial charge >= 0.3 is 21.6 Å². The minimum atomic E-state index is -5.84. The molecule has 0 unspecified atom stereocenters. The molecule has 0 spiro atoms. The monoisotopic (exact) mass is 470 g/mol. The van der Waals surface area contributed by atoms with Gasteiger partial charge in [-0.05, 0) is 48.9 Å². The lowest BCUT2D eigenvalue weighted by molar-refractivity contribution is -0.0500. The summed E-state index contributed by atoms with van der Waals surface area (Å²) in [5.74, 6) is -2.00. The lowest BCUT2D eigenvalue weighted by Gasteiger charge is -2.09. The highest BCUT2D eigenvalue weighted by molar-refractivity contribution is 7.88. The van der Waals surface area contributed by atoms with Gasteiger partial charge in [0.05, 0.1) is 11.1 Å². The summed E-state index contributed by atoms with van der Waals surface area (Å²) in [6.45, 7) is 1.94. The Bertz CT molecular complexity index is 1270. The molecule has 3 aromatic rings. The van der Waals surface area contributed by atoms with Gasteiger partial charge in [0.15, 0.2) is 5.78 Å². The van der Waals surface area contributed by atoms with Gasteiger partial charge in [-0.2, -0.15) is 21.6 Å². The van der Waals surface area contributed by atoms with Crippen LogP contribution in [0, 0.1) is 0 Å². The Kier molecular flexibility index (Phi) is 6.31. The van der Waals surface area contributed by atoms with E-state index in [-0.39, 0.29) is 16.7 Å². The van der Waals surface area contributed by atoms with Gasteiger partial charge in [-0.1, -0.05) is 13.3 Å². The Hall–Kier alpha value is -3.34. The average Bonchev–Trinajstić information content (AvgIpc) is 3.08. The summed E-state index contributed by atoms with van der Waals surface area (Å²) in [5, 5.41) is 9.55. The molecule has 0 saturated heterocycles. The number of fused-ring (bicyclic) bond motifs is 1. The van der Waals surface area contributed by atoms with Crippen LogP contribution in [-0.2, 0) is 16.5 Å². The molecule has 0 fully saturated rings. The first-order chi connectivity index (χ1) is 14.9. The second-order valence-electron chi connectivity index (χ2n) is 6.86. The topological polar surface area (TPSA) is 111 Å². The maximum atomic E-state index is 13.2. The standard InChI is InChI=1S/C21H17F3O7S/c1-2-3-4-17-18(15-11-13(20(26)27)7-10-16(15)30-17)19(25)12-5-8-14(9-6-12)31-32(28,29)21(22,23)24/h5-11H,2-4H2,1H3,(H,26,27). The molecule has 1 aromatic heterocycles. The van der Waals surface area contributed by atoms with E-state index < -0.39 is 33.1 Å². The van der Waals surface area contributed by atoms with Gasteiger partial charge in [0.2, 0.25) is 0 Å². The van der Waals surface area contributed by atoms with E-state index in [0.29, 0.717) is 29.6 Å². The third-order valence-electron chi connectivity index (χ3n) is 4.60. The maximum Gasteiger partial charge on any atom is 0.534 e. The molecule has 32 heavy (non-hydrogen) atoms. The number of halogens is 3. The highest BCUT2D eigenvalue weighted by Gasteiger charge is 2.48. The predicted octanol–water partition coefficient (Wildman–Crippen LogP) is 4.93. The second kappa shape index (κ2) is 8.65. The first-order valence-electron chi connectivity index (χ1n) is 9.39. The Morgan fingerprint density at radius 1 is 1.06 bits per heavy atom. The van der Waals surface area contributed by atoms with Crippen molar-refractivity contribution in [1.29, 1.82) is 0 Å². The molecule has 0 atom stereocenters. The summed E-state index contributed by atoms with van der Waals surface area (Å²) in [7, 11) is -5.84. The predicted molar refractivity (Wildman–Crippen MR) is 107 cm³/mol. The van der Waals surface area contributed by atoms with Crippen LogP contribution >= 0.6 is 0 Å². The summed E-state index contributed by atoms with van der Waals surface area (Å²) in [5.41, 5.74) is -5.14. The molecule has 170 valence electrons. The number of furan rings is 1. The van der Waals surface area contributed by atoms with E-state index in [0.717, 1.165) is 30.7 Å². The van der Waals surface area contributed by atoms with Crippen molar-refractivity contribution in [1.82, 2.24) is 0 Å². The van der Waals surface area contributed by atoms with Gasteiger partial charge in [0, 0.05) is 17.4 Å². The molecule has 1 N–H and O–H groups in total.